The second kappa shape index (κ2) is 16.4. The molecule has 0 fully saturated rings. The molecule has 4 nitrogen and oxygen atoms in total. The van der Waals surface area contributed by atoms with E-state index in [-0.39, 0.29) is 17.4 Å². The number of hydrogen-bond acceptors (Lipinski definition) is 1. The summed E-state index contributed by atoms with van der Waals surface area (Å²) < 4.78 is 27.7. The molecule has 1 aromatic carbocycles. The fourth-order valence-electron chi connectivity index (χ4n) is 1.11. The molecule has 0 aliphatic carbocycles. The molecule has 0 atom stereocenters. The number of benzene rings is 1. The predicted octanol–water partition coefficient (Wildman–Crippen LogP) is 1.60. The summed E-state index contributed by atoms with van der Waals surface area (Å²) >= 11 is 0. The molecular weight excluding hydrogens is 248 g/mol. The van der Waals surface area contributed by atoms with E-state index in [9.17, 15) is 0 Å². The van der Waals surface area contributed by atoms with Crippen LogP contribution in [0.15, 0.2) is 24.3 Å². The molecular formula is C11H8CrO4. The van der Waals surface area contributed by atoms with E-state index in [4.69, 9.17) is 18.7 Å². The van der Waals surface area contributed by atoms with Crippen molar-refractivity contribution in [1.29, 1.82) is 0 Å². The fourth-order valence-corrected chi connectivity index (χ4v) is 1.11. The van der Waals surface area contributed by atoms with Gasteiger partial charge in [-0.15, -0.1) is 0 Å². The molecule has 0 saturated heterocycles. The van der Waals surface area contributed by atoms with Crippen molar-refractivity contribution in [2.45, 2.75) is 13.2 Å². The molecule has 1 aliphatic rings. The largest absolute Gasteiger partial charge is 0.372 e. The summed E-state index contributed by atoms with van der Waals surface area (Å²) in [4.78, 5) is 0. The van der Waals surface area contributed by atoms with Gasteiger partial charge in [0.05, 0.1) is 13.2 Å². The molecule has 2 rings (SSSR count). The fraction of sp³-hybridized carbons (Fsp3) is 0.182. The van der Waals surface area contributed by atoms with Gasteiger partial charge in [0.15, 0.2) is 0 Å². The molecule has 0 amide bonds. The Morgan fingerprint density at radius 2 is 1.12 bits per heavy atom. The Kier molecular flexibility index (Phi) is 20.8. The third-order valence-electron chi connectivity index (χ3n) is 1.63. The van der Waals surface area contributed by atoms with Crippen molar-refractivity contribution in [1.82, 2.24) is 0 Å². The molecule has 0 unspecified atom stereocenters. The molecule has 16 heavy (non-hydrogen) atoms. The van der Waals surface area contributed by atoms with Gasteiger partial charge >= 0.3 is 33.9 Å². The normalized spacial score (nSPS) is 9.12. The topological polar surface area (TPSA) is 68.9 Å². The van der Waals surface area contributed by atoms with E-state index in [1.165, 1.54) is 11.1 Å². The zero-order valence-electron chi connectivity index (χ0n) is 8.26. The second-order valence-corrected chi connectivity index (χ2v) is 2.26. The van der Waals surface area contributed by atoms with Gasteiger partial charge in [-0.1, -0.05) is 24.3 Å². The van der Waals surface area contributed by atoms with Crippen LogP contribution in [0.2, 0.25) is 0 Å². The minimum Gasteiger partial charge on any atom is -0.372 e. The molecule has 5 heteroatoms. The van der Waals surface area contributed by atoms with Crippen LogP contribution < -0.4 is 0 Å². The van der Waals surface area contributed by atoms with Gasteiger partial charge < -0.3 is 4.74 Å². The Labute approximate surface area is 105 Å². The van der Waals surface area contributed by atoms with Crippen molar-refractivity contribution in [3.05, 3.63) is 55.3 Å². The summed E-state index contributed by atoms with van der Waals surface area (Å²) in [7, 11) is 0. The van der Waals surface area contributed by atoms with Crippen LogP contribution in [0, 0.1) is 20.0 Å². The SMILES string of the molecule is [C-]#[O+].[C-]#[O+].[C-]#[O+].[Cr].c1ccc2c(c1)COC2. The molecule has 0 bridgehead atoms. The number of hydrogen-bond donors (Lipinski definition) is 0. The predicted molar refractivity (Wildman–Crippen MR) is 46.7 cm³/mol. The van der Waals surface area contributed by atoms with Crippen molar-refractivity contribution in [2.24, 2.45) is 0 Å². The average molecular weight is 256 g/mol. The van der Waals surface area contributed by atoms with E-state index in [1.54, 1.807) is 0 Å². The molecule has 0 N–H and O–H groups in total. The van der Waals surface area contributed by atoms with Crippen molar-refractivity contribution < 1.29 is 36.1 Å². The Morgan fingerprint density at radius 3 is 1.44 bits per heavy atom. The van der Waals surface area contributed by atoms with E-state index >= 15 is 0 Å². The molecule has 82 valence electrons. The molecule has 0 saturated carbocycles. The summed E-state index contributed by atoms with van der Waals surface area (Å²) in [5.41, 5.74) is 2.69. The standard InChI is InChI=1S/C8H8O.3CO.Cr/c1-2-4-8-6-9-5-7(8)3-1;3*1-2;/h1-4H,5-6H2;;;;. The van der Waals surface area contributed by atoms with Crippen molar-refractivity contribution in [3.8, 4) is 0 Å². The zero-order valence-corrected chi connectivity index (χ0v) is 9.54. The van der Waals surface area contributed by atoms with E-state index < -0.39 is 0 Å². The summed E-state index contributed by atoms with van der Waals surface area (Å²) in [6.45, 7) is 15.1. The van der Waals surface area contributed by atoms with Crippen LogP contribution in [0.5, 0.6) is 0 Å². The maximum atomic E-state index is 7.50. The van der Waals surface area contributed by atoms with E-state index in [0.29, 0.717) is 0 Å². The zero-order chi connectivity index (χ0) is 12.1. The molecule has 0 radical (unpaired) electrons. The Balaban J connectivity index is -0.000000214. The molecule has 0 aromatic heterocycles. The summed E-state index contributed by atoms with van der Waals surface area (Å²) in [6, 6.07) is 8.33. The average Bonchev–Trinajstić information content (AvgIpc) is 2.85. The van der Waals surface area contributed by atoms with Crippen LogP contribution in [0.4, 0.5) is 0 Å². The summed E-state index contributed by atoms with van der Waals surface area (Å²) in [6.07, 6.45) is 0. The second-order valence-electron chi connectivity index (χ2n) is 2.26. The molecule has 0 spiro atoms. The van der Waals surface area contributed by atoms with Crippen molar-refractivity contribution in [3.63, 3.8) is 0 Å². The first-order valence-corrected chi connectivity index (χ1v) is 3.72. The first-order chi connectivity index (χ1) is 7.47. The van der Waals surface area contributed by atoms with Gasteiger partial charge in [0.2, 0.25) is 0 Å². The van der Waals surface area contributed by atoms with Crippen LogP contribution in [0.1, 0.15) is 11.1 Å². The quantitative estimate of drug-likeness (QED) is 0.513. The number of fused-ring (bicyclic) bond motifs is 1. The van der Waals surface area contributed by atoms with Gasteiger partial charge in [-0.05, 0) is 11.1 Å². The smallest absolute Gasteiger partial charge is 0.0724 e. The molecule has 1 heterocycles. The van der Waals surface area contributed by atoms with Gasteiger partial charge in [-0.25, -0.2) is 0 Å². The Bertz CT molecular complexity index is 293. The van der Waals surface area contributed by atoms with Crippen LogP contribution in [0.25, 0.3) is 0 Å². The maximum Gasteiger partial charge on any atom is 0.0724 e. The van der Waals surface area contributed by atoms with Crippen LogP contribution in [-0.2, 0) is 49.3 Å². The number of ether oxygens (including phenoxy) is 1. The number of rotatable bonds is 0. The monoisotopic (exact) mass is 256 g/mol. The van der Waals surface area contributed by atoms with Crippen molar-refractivity contribution in [2.75, 3.05) is 0 Å². The molecule has 1 aliphatic heterocycles. The Morgan fingerprint density at radius 1 is 0.812 bits per heavy atom. The first-order valence-electron chi connectivity index (χ1n) is 3.72. The van der Waals surface area contributed by atoms with Gasteiger partial charge in [-0.3, -0.25) is 0 Å². The van der Waals surface area contributed by atoms with E-state index in [1.807, 2.05) is 12.1 Å². The van der Waals surface area contributed by atoms with Gasteiger partial charge in [0.25, 0.3) is 0 Å². The van der Waals surface area contributed by atoms with Gasteiger partial charge in [-0.2, -0.15) is 0 Å². The van der Waals surface area contributed by atoms with E-state index in [0.717, 1.165) is 13.2 Å². The van der Waals surface area contributed by atoms with Crippen LogP contribution in [0.3, 0.4) is 0 Å². The minimum absolute atomic E-state index is 0. The van der Waals surface area contributed by atoms with Crippen LogP contribution in [-0.4, -0.2) is 0 Å². The van der Waals surface area contributed by atoms with E-state index in [2.05, 4.69) is 32.1 Å². The maximum absolute atomic E-state index is 7.50. The summed E-state index contributed by atoms with van der Waals surface area (Å²) in [5.74, 6) is 0. The Hall–Kier alpha value is -1.07. The third-order valence-corrected chi connectivity index (χ3v) is 1.63. The third kappa shape index (κ3) is 7.25. The minimum atomic E-state index is 0. The van der Waals surface area contributed by atoms with Gasteiger partial charge in [0, 0.05) is 17.4 Å². The summed E-state index contributed by atoms with van der Waals surface area (Å²) in [5, 5.41) is 0. The van der Waals surface area contributed by atoms with Gasteiger partial charge in [0.1, 0.15) is 0 Å². The van der Waals surface area contributed by atoms with Crippen molar-refractivity contribution >= 4 is 0 Å². The molecule has 1 aromatic rings. The first kappa shape index (κ1) is 20.4. The van der Waals surface area contributed by atoms with Crippen LogP contribution >= 0.6 is 0 Å².